The second-order valence-corrected chi connectivity index (χ2v) is 29.3. The van der Waals surface area contributed by atoms with Gasteiger partial charge in [-0.25, -0.2) is 87.0 Å². The number of methoxy groups -OCH3 is 5. The number of hydrogen-bond donors (Lipinski definition) is 6. The summed E-state index contributed by atoms with van der Waals surface area (Å²) in [6.45, 7) is 6.77. The third-order valence-electron chi connectivity index (χ3n) is 14.0. The van der Waals surface area contributed by atoms with Crippen LogP contribution in [-0.2, 0) is 71.3 Å². The van der Waals surface area contributed by atoms with Crippen molar-refractivity contribution in [2.45, 2.75) is 62.2 Å². The molecule has 0 bridgehead atoms. The van der Waals surface area contributed by atoms with E-state index in [1.807, 2.05) is 22.6 Å². The Morgan fingerprint density at radius 1 is 0.640 bits per heavy atom. The topological polar surface area (TPSA) is 461 Å². The number of hydrazone groups is 1. The fraction of sp³-hybridized carbons (Fsp3) is 0.242. The zero-order valence-corrected chi connectivity index (χ0v) is 71.9. The number of aromatic nitrogens is 6. The quantitative estimate of drug-likeness (QED) is 0.0114. The van der Waals surface area contributed by atoms with Crippen molar-refractivity contribution in [3.8, 4) is 29.4 Å². The van der Waals surface area contributed by atoms with Crippen LogP contribution in [0, 0.1) is 22.1 Å². The first kappa shape index (κ1) is 97.0. The second-order valence-electron chi connectivity index (χ2n) is 22.0. The number of aryl methyl sites for hydroxylation is 1. The Labute approximate surface area is 715 Å². The molecule has 1 aliphatic rings. The van der Waals surface area contributed by atoms with Crippen LogP contribution in [0.25, 0.3) is 0 Å². The number of ether oxygens (including phenoxy) is 8. The van der Waals surface area contributed by atoms with Gasteiger partial charge >= 0.3 is 48.1 Å². The van der Waals surface area contributed by atoms with Gasteiger partial charge in [-0.2, -0.15) is 43.2 Å². The first-order valence-corrected chi connectivity index (χ1v) is 38.0. The van der Waals surface area contributed by atoms with Crippen LogP contribution in [0.5, 0.6) is 29.4 Å². The van der Waals surface area contributed by atoms with Crippen molar-refractivity contribution >= 4 is 206 Å². The number of sulfonamides is 3. The molecule has 114 heavy (non-hydrogen) atoms. The number of carbonyl (C=O) groups is 7. The zero-order chi connectivity index (χ0) is 83.2. The maximum atomic E-state index is 13.7. The smallest absolute Gasteiger partial charge is 0.416 e. The molecule has 3 aromatic heterocycles. The summed E-state index contributed by atoms with van der Waals surface area (Å²) in [4.78, 5) is 107. The molecule has 4 heterocycles. The molecule has 1 aliphatic heterocycles. The normalized spacial score (nSPS) is 12.8. The van der Waals surface area contributed by atoms with Crippen LogP contribution in [0.4, 0.5) is 54.8 Å². The van der Waals surface area contributed by atoms with Crippen LogP contribution in [0.15, 0.2) is 136 Å². The number of anilines is 4. The third-order valence-corrected chi connectivity index (χ3v) is 18.6. The van der Waals surface area contributed by atoms with E-state index < -0.39 is 111 Å². The standard InChI is InChI=1S/C19H11F5N2O2.C17H21N5O9S2.C16H18Cl2N2O4.C14H14IN5O6S.2Na/c20-12-6-7-16(15(21)10-12)26-17(27)14-5-2-8-25-18(14)28-13-4-1-3-11(9-13)19(22,23)24;1-29-13-8-14(30-2)20-16(19-13)21-17(24)22-33(27,28)12-7-10(9-18-32(4,25)26)5-6-11(12)15(23)31-3;1-4-23-14(21)12-9-16(3,15(22)24-5-2)20(19-12)13-7-6-10(17)8-11(13)18;1-7-16-12(19-14(17-7)26-3)18-13(22)20-27(23,24)10-6-8(15)4-5-9(10)11(21)25-2;;/h1-10H,(H,26,27);5-8,18H,9H2,1-4H3,(H2,19,20,21,22,24);6-8H,4-5,9H2,1-3H3;4-6H,1-3H3,(H2,16,17,18,19,20,22);;. The minimum absolute atomic E-state index is 0. The Morgan fingerprint density at radius 3 is 1.77 bits per heavy atom. The van der Waals surface area contributed by atoms with Crippen LogP contribution in [0.3, 0.4) is 0 Å². The molecule has 5 aromatic carbocycles. The molecule has 48 heteroatoms. The maximum absolute atomic E-state index is 13.7. The first-order valence-electron chi connectivity index (χ1n) is 31.3. The number of hydrogen-bond acceptors (Lipinski definition) is 29. The summed E-state index contributed by atoms with van der Waals surface area (Å²) in [7, 11) is -6.46. The van der Waals surface area contributed by atoms with E-state index in [1.165, 1.54) is 81.1 Å². The van der Waals surface area contributed by atoms with Gasteiger partial charge in [0.05, 0.1) is 94.2 Å². The number of benzene rings is 5. The Kier molecular flexibility index (Phi) is 36.9. The molecule has 0 spiro atoms. The number of alkyl halides is 3. The predicted octanol–water partition coefficient (Wildman–Crippen LogP) is 9.04. The van der Waals surface area contributed by atoms with Crippen molar-refractivity contribution in [3.63, 3.8) is 0 Å². The van der Waals surface area contributed by atoms with Crippen molar-refractivity contribution in [3.05, 3.63) is 180 Å². The number of nitrogens with one attached hydrogen (secondary N) is 6. The van der Waals surface area contributed by atoms with E-state index >= 15 is 0 Å². The number of urea groups is 2. The molecule has 6 N–H and O–H groups in total. The molecular formula is C66H64Cl2F5IN14Na2O21S3. The van der Waals surface area contributed by atoms with Gasteiger partial charge in [0.2, 0.25) is 39.6 Å². The molecule has 0 saturated carbocycles. The number of pyridine rings is 1. The number of carbonyl (C=O) groups excluding carboxylic acids is 7. The Hall–Kier alpha value is -9.33. The number of amides is 5. The summed E-state index contributed by atoms with van der Waals surface area (Å²) in [5.74, 6) is -6.20. The van der Waals surface area contributed by atoms with Gasteiger partial charge in [0.1, 0.15) is 44.3 Å². The van der Waals surface area contributed by atoms with Gasteiger partial charge in [-0.05, 0) is 147 Å². The molecule has 0 aliphatic carbocycles. The van der Waals surface area contributed by atoms with E-state index in [4.69, 9.17) is 51.6 Å². The molecule has 600 valence electrons. The molecule has 1 unspecified atom stereocenters. The van der Waals surface area contributed by atoms with Crippen molar-refractivity contribution in [2.75, 3.05) is 76.0 Å². The average molecular weight is 1820 g/mol. The molecule has 0 saturated heterocycles. The fourth-order valence-electron chi connectivity index (χ4n) is 8.96. The summed E-state index contributed by atoms with van der Waals surface area (Å²) in [5.41, 5.74) is -2.35. The minimum Gasteiger partial charge on any atom is -0.481 e. The minimum atomic E-state index is -4.63. The fourth-order valence-corrected chi connectivity index (χ4v) is 12.9. The van der Waals surface area contributed by atoms with E-state index in [-0.39, 0.29) is 166 Å². The molecule has 0 fully saturated rings. The molecule has 5 amide bonds. The van der Waals surface area contributed by atoms with Crippen LogP contribution < -0.4 is 54.1 Å². The van der Waals surface area contributed by atoms with Crippen LogP contribution in [0.2, 0.25) is 10.0 Å². The summed E-state index contributed by atoms with van der Waals surface area (Å²) in [5, 5.41) is 13.0. The zero-order valence-electron chi connectivity index (χ0n) is 61.8. The van der Waals surface area contributed by atoms with E-state index in [2.05, 4.69) is 65.2 Å². The number of halogens is 8. The Morgan fingerprint density at radius 2 is 1.23 bits per heavy atom. The van der Waals surface area contributed by atoms with Gasteiger partial charge in [-0.3, -0.25) is 15.4 Å². The van der Waals surface area contributed by atoms with Gasteiger partial charge in [0.15, 0.2) is 5.54 Å². The Balaban J connectivity index is 0.000000320. The molecule has 2 radical (unpaired) electrons. The van der Waals surface area contributed by atoms with E-state index in [1.54, 1.807) is 55.3 Å². The van der Waals surface area contributed by atoms with E-state index in [9.17, 15) is 80.8 Å². The van der Waals surface area contributed by atoms with Gasteiger partial charge < -0.3 is 43.2 Å². The van der Waals surface area contributed by atoms with Crippen molar-refractivity contribution < 1.29 is 119 Å². The van der Waals surface area contributed by atoms with Gasteiger partial charge in [0.25, 0.3) is 26.0 Å². The van der Waals surface area contributed by atoms with Crippen molar-refractivity contribution in [2.24, 2.45) is 5.10 Å². The second kappa shape index (κ2) is 43.4. The SMILES string of the molecule is CCOC(=O)C1=NN(c2ccc(Cl)cc2Cl)C(C)(C(=O)OCC)C1.COC(=O)c1ccc(CNS(C)(=O)=O)cc1S(=O)(=O)NC(=O)Nc1nc(OC)cc(OC)n1.COC(=O)c1ccc(I)cc1S(=O)(=O)NC(=O)Nc1nc(C)nc(OC)n1.O=C(Nc1ccc(F)cc1F)c1cccnc1Oc1cccc(C(F)(F)F)c1.[Na].[Na]. The predicted molar refractivity (Wildman–Crippen MR) is 409 cm³/mol. The average Bonchev–Trinajstić information content (AvgIpc) is 1.61. The van der Waals surface area contributed by atoms with Crippen LogP contribution in [0.1, 0.15) is 75.2 Å². The monoisotopic (exact) mass is 1820 g/mol. The van der Waals surface area contributed by atoms with Gasteiger partial charge in [0, 0.05) is 92.9 Å². The number of esters is 4. The summed E-state index contributed by atoms with van der Waals surface area (Å²) < 4.78 is 184. The van der Waals surface area contributed by atoms with Gasteiger partial charge in [-0.1, -0.05) is 35.3 Å². The molecule has 9 rings (SSSR count). The van der Waals surface area contributed by atoms with Crippen LogP contribution >= 0.6 is 45.8 Å². The van der Waals surface area contributed by atoms with Crippen LogP contribution in [-0.4, -0.2) is 222 Å². The summed E-state index contributed by atoms with van der Waals surface area (Å²) in [6.07, 6.45) is -2.30. The maximum Gasteiger partial charge on any atom is 0.416 e. The number of rotatable bonds is 23. The third kappa shape index (κ3) is 28.0. The Bertz CT molecular complexity index is 5260. The number of nitrogens with zero attached hydrogens (tertiary/aromatic N) is 8. The van der Waals surface area contributed by atoms with E-state index in [0.29, 0.717) is 25.4 Å². The molecule has 8 aromatic rings. The first-order chi connectivity index (χ1) is 52.6. The summed E-state index contributed by atoms with van der Waals surface area (Å²) >= 11 is 14.0. The molecule has 35 nitrogen and oxygen atoms in total. The summed E-state index contributed by atoms with van der Waals surface area (Å²) in [6, 6.07) is 20.6. The van der Waals surface area contributed by atoms with Gasteiger partial charge in [-0.15, -0.1) is 0 Å². The van der Waals surface area contributed by atoms with E-state index in [0.717, 1.165) is 62.9 Å². The van der Waals surface area contributed by atoms with Crippen molar-refractivity contribution in [1.82, 2.24) is 44.1 Å². The largest absolute Gasteiger partial charge is 0.481 e. The molecule has 1 atom stereocenters. The molecular weight excluding hydrogens is 1760 g/mol. The van der Waals surface area contributed by atoms with Crippen molar-refractivity contribution in [1.29, 1.82) is 0 Å².